The van der Waals surface area contributed by atoms with Gasteiger partial charge in [-0.15, -0.1) is 0 Å². The maximum Gasteiger partial charge on any atom is 0.226 e. The first-order chi connectivity index (χ1) is 5.00. The van der Waals surface area contributed by atoms with Crippen LogP contribution < -0.4 is 16.9 Å². The van der Waals surface area contributed by atoms with Gasteiger partial charge in [-0.1, -0.05) is 11.6 Å². The summed E-state index contributed by atoms with van der Waals surface area (Å²) in [5.41, 5.74) is 0. The van der Waals surface area contributed by atoms with Crippen LogP contribution in [0.1, 0.15) is 0 Å². The van der Waals surface area contributed by atoms with Crippen molar-refractivity contribution in [3.05, 3.63) is 23.4 Å². The third-order valence-corrected chi connectivity index (χ3v) is 1.62. The van der Waals surface area contributed by atoms with Gasteiger partial charge in [-0.3, -0.25) is 4.48 Å². The fraction of sp³-hybridized carbons (Fsp3) is 0.375. The van der Waals surface area contributed by atoms with Crippen LogP contribution in [-0.2, 0) is 0 Å². The second kappa shape index (κ2) is 4.08. The predicted octanol–water partition coefficient (Wildman–Crippen LogP) is -1.06. The molecule has 0 aliphatic carbocycles. The molecule has 0 aromatic carbocycles. The van der Waals surface area contributed by atoms with Gasteiger partial charge in [0.15, 0.2) is 0 Å². The highest BCUT2D eigenvalue weighted by Crippen LogP contribution is 2.15. The maximum atomic E-state index is 5.69. The summed E-state index contributed by atoms with van der Waals surface area (Å²) in [6, 6.07) is 3.79. The largest absolute Gasteiger partial charge is 1.00 e. The molecular weight excluding hydrogens is 195 g/mol. The van der Waals surface area contributed by atoms with E-state index in [1.54, 1.807) is 6.20 Å². The molecule has 0 atom stereocenters. The van der Waals surface area contributed by atoms with Crippen LogP contribution in [0.3, 0.4) is 0 Å². The number of hydrogen-bond donors (Lipinski definition) is 0. The Kier molecular flexibility index (Phi) is 3.97. The first-order valence-corrected chi connectivity index (χ1v) is 3.81. The van der Waals surface area contributed by atoms with E-state index < -0.39 is 0 Å². The number of halogens is 2. The zero-order chi connectivity index (χ0) is 8.48. The summed E-state index contributed by atoms with van der Waals surface area (Å²) in [6.45, 7) is 0. The lowest BCUT2D eigenvalue weighted by Crippen LogP contribution is -3.00. The molecule has 0 saturated heterocycles. The van der Waals surface area contributed by atoms with Gasteiger partial charge < -0.3 is 12.4 Å². The molecule has 0 unspecified atom stereocenters. The molecule has 1 aromatic heterocycles. The van der Waals surface area contributed by atoms with Gasteiger partial charge in [-0.2, -0.15) is 0 Å². The minimum atomic E-state index is 0. The monoisotopic (exact) mass is 206 g/mol. The normalized spacial score (nSPS) is 10.7. The first kappa shape index (κ1) is 11.7. The van der Waals surface area contributed by atoms with Crippen molar-refractivity contribution in [3.8, 4) is 0 Å². The van der Waals surface area contributed by atoms with E-state index in [2.05, 4.69) is 26.1 Å². The Hall–Kier alpha value is -0.310. The quantitative estimate of drug-likeness (QED) is 0.535. The van der Waals surface area contributed by atoms with Gasteiger partial charge in [-0.05, 0) is 6.07 Å². The van der Waals surface area contributed by atoms with Gasteiger partial charge in [0.2, 0.25) is 5.82 Å². The molecule has 0 aliphatic rings. The number of pyridine rings is 1. The van der Waals surface area contributed by atoms with Crippen LogP contribution >= 0.6 is 11.6 Å². The summed E-state index contributed by atoms with van der Waals surface area (Å²) in [7, 11) is 6.20. The summed E-state index contributed by atoms with van der Waals surface area (Å²) in [4.78, 5) is 4.19. The summed E-state index contributed by atoms with van der Waals surface area (Å²) >= 11 is 5.69. The summed E-state index contributed by atoms with van der Waals surface area (Å²) < 4.78 is 0.719. The number of nitrogens with zero attached hydrogens (tertiary/aromatic N) is 2. The highest BCUT2D eigenvalue weighted by molar-refractivity contribution is 6.30. The third kappa shape index (κ3) is 2.97. The second-order valence-electron chi connectivity index (χ2n) is 3.35. The Morgan fingerprint density at radius 3 is 2.17 bits per heavy atom. The van der Waals surface area contributed by atoms with Gasteiger partial charge in [-0.25, -0.2) is 4.98 Å². The van der Waals surface area contributed by atoms with Crippen LogP contribution in [-0.4, -0.2) is 26.1 Å². The lowest BCUT2D eigenvalue weighted by molar-refractivity contribution is -0.00000252. The second-order valence-corrected chi connectivity index (χ2v) is 3.78. The minimum absolute atomic E-state index is 0. The molecule has 4 heteroatoms. The van der Waals surface area contributed by atoms with Crippen molar-refractivity contribution >= 4 is 17.4 Å². The summed E-state index contributed by atoms with van der Waals surface area (Å²) in [6.07, 6.45) is 1.67. The Morgan fingerprint density at radius 2 is 1.83 bits per heavy atom. The number of aromatic nitrogens is 1. The van der Waals surface area contributed by atoms with Crippen molar-refractivity contribution in [1.82, 2.24) is 9.47 Å². The van der Waals surface area contributed by atoms with E-state index in [4.69, 9.17) is 11.6 Å². The Balaban J connectivity index is 0.00000121. The third-order valence-electron chi connectivity index (χ3n) is 1.40. The van der Waals surface area contributed by atoms with E-state index in [0.717, 1.165) is 10.3 Å². The van der Waals surface area contributed by atoms with Crippen molar-refractivity contribution in [1.29, 1.82) is 0 Å². The van der Waals surface area contributed by atoms with Crippen molar-refractivity contribution < 1.29 is 12.4 Å². The lowest BCUT2D eigenvalue weighted by atomic mass is 10.4. The molecule has 0 fully saturated rings. The Morgan fingerprint density at radius 1 is 1.25 bits per heavy atom. The van der Waals surface area contributed by atoms with Crippen molar-refractivity contribution in [2.75, 3.05) is 21.1 Å². The summed E-state index contributed by atoms with van der Waals surface area (Å²) in [5.74, 6) is 1.01. The number of quaternary nitrogens is 1. The van der Waals surface area contributed by atoms with E-state index in [1.165, 1.54) is 0 Å². The van der Waals surface area contributed by atoms with Crippen LogP contribution in [0.4, 0.5) is 5.82 Å². The first-order valence-electron chi connectivity index (χ1n) is 3.44. The van der Waals surface area contributed by atoms with E-state index in [0.29, 0.717) is 5.02 Å². The van der Waals surface area contributed by atoms with Gasteiger partial charge >= 0.3 is 0 Å². The predicted molar refractivity (Wildman–Crippen MR) is 48.8 cm³/mol. The number of hydrogen-bond acceptors (Lipinski definition) is 1. The highest BCUT2D eigenvalue weighted by Gasteiger charge is 2.12. The van der Waals surface area contributed by atoms with Crippen LogP contribution in [0, 0.1) is 0 Å². The zero-order valence-corrected chi connectivity index (χ0v) is 8.89. The van der Waals surface area contributed by atoms with Crippen LogP contribution in [0.25, 0.3) is 0 Å². The molecular formula is C8H12Cl2N2. The fourth-order valence-corrected chi connectivity index (χ4v) is 0.877. The zero-order valence-electron chi connectivity index (χ0n) is 7.38. The van der Waals surface area contributed by atoms with Crippen molar-refractivity contribution in [2.24, 2.45) is 0 Å². The molecule has 0 radical (unpaired) electrons. The van der Waals surface area contributed by atoms with E-state index in [-0.39, 0.29) is 12.4 Å². The molecule has 2 nitrogen and oxygen atoms in total. The average Bonchev–Trinajstić information content (AvgIpc) is 1.86. The molecule has 1 aromatic rings. The molecule has 0 bridgehead atoms. The topological polar surface area (TPSA) is 12.9 Å². The molecule has 1 rings (SSSR count). The molecule has 0 spiro atoms. The Labute approximate surface area is 84.2 Å². The molecule has 0 aliphatic heterocycles. The SMILES string of the molecule is C[N+](C)(C)c1ccc(Cl)cn1.[Cl-]. The molecule has 0 amide bonds. The van der Waals surface area contributed by atoms with E-state index in [9.17, 15) is 0 Å². The van der Waals surface area contributed by atoms with Crippen LogP contribution in [0.5, 0.6) is 0 Å². The molecule has 68 valence electrons. The van der Waals surface area contributed by atoms with Crippen LogP contribution in [0.15, 0.2) is 18.3 Å². The van der Waals surface area contributed by atoms with Gasteiger partial charge in [0.1, 0.15) is 0 Å². The van der Waals surface area contributed by atoms with Gasteiger partial charge in [0, 0.05) is 6.07 Å². The fourth-order valence-electron chi connectivity index (χ4n) is 0.765. The van der Waals surface area contributed by atoms with Gasteiger partial charge in [0.25, 0.3) is 0 Å². The van der Waals surface area contributed by atoms with E-state index >= 15 is 0 Å². The Bertz CT molecular complexity index is 238. The molecule has 12 heavy (non-hydrogen) atoms. The smallest absolute Gasteiger partial charge is 0.226 e. The van der Waals surface area contributed by atoms with Crippen molar-refractivity contribution in [2.45, 2.75) is 0 Å². The number of rotatable bonds is 1. The standard InChI is InChI=1S/C8H12ClN2.ClH/c1-11(2,3)8-5-4-7(9)6-10-8;/h4-6H,1-3H3;1H/q+1;/p-1. The lowest BCUT2D eigenvalue weighted by Gasteiger charge is -2.21. The average molecular weight is 207 g/mol. The minimum Gasteiger partial charge on any atom is -1.00 e. The summed E-state index contributed by atoms with van der Waals surface area (Å²) in [5, 5.41) is 0.683. The molecule has 0 saturated carbocycles. The molecule has 1 heterocycles. The van der Waals surface area contributed by atoms with Crippen LogP contribution in [0.2, 0.25) is 5.02 Å². The van der Waals surface area contributed by atoms with Crippen molar-refractivity contribution in [3.63, 3.8) is 0 Å². The van der Waals surface area contributed by atoms with Gasteiger partial charge in [0.05, 0.1) is 32.4 Å². The molecule has 0 N–H and O–H groups in total. The van der Waals surface area contributed by atoms with E-state index in [1.807, 2.05) is 12.1 Å². The highest BCUT2D eigenvalue weighted by atomic mass is 35.5. The maximum absolute atomic E-state index is 5.69.